The van der Waals surface area contributed by atoms with E-state index in [9.17, 15) is 13.2 Å². The molecular weight excluding hydrogens is 388 g/mol. The van der Waals surface area contributed by atoms with E-state index >= 15 is 0 Å². The summed E-state index contributed by atoms with van der Waals surface area (Å²) in [4.78, 5) is 14.8. The Morgan fingerprint density at radius 1 is 1.00 bits per heavy atom. The van der Waals surface area contributed by atoms with Crippen molar-refractivity contribution in [3.05, 3.63) is 65.2 Å². The van der Waals surface area contributed by atoms with Crippen LogP contribution in [-0.2, 0) is 26.7 Å². The van der Waals surface area contributed by atoms with E-state index in [4.69, 9.17) is 4.74 Å². The first-order valence-electron chi connectivity index (χ1n) is 9.72. The Bertz CT molecular complexity index is 940. The molecule has 1 saturated heterocycles. The third-order valence-corrected chi connectivity index (χ3v) is 6.33. The van der Waals surface area contributed by atoms with Crippen LogP contribution in [0.2, 0.25) is 0 Å². The molecule has 29 heavy (non-hydrogen) atoms. The van der Waals surface area contributed by atoms with Crippen LogP contribution in [0.4, 0.5) is 0 Å². The summed E-state index contributed by atoms with van der Waals surface area (Å²) in [5.41, 5.74) is 2.34. The average Bonchev–Trinajstić information content (AvgIpc) is 2.68. The van der Waals surface area contributed by atoms with Crippen LogP contribution in [0.15, 0.2) is 53.4 Å². The highest BCUT2D eigenvalue weighted by Crippen LogP contribution is 2.23. The molecule has 0 unspecified atom stereocenters. The minimum Gasteiger partial charge on any atom is -0.379 e. The highest BCUT2D eigenvalue weighted by Gasteiger charge is 2.20. The molecule has 0 atom stereocenters. The van der Waals surface area contributed by atoms with E-state index in [1.54, 1.807) is 24.3 Å². The van der Waals surface area contributed by atoms with Crippen LogP contribution in [0, 0.1) is 0 Å². The van der Waals surface area contributed by atoms with E-state index in [0.717, 1.165) is 44.0 Å². The van der Waals surface area contributed by atoms with Crippen molar-refractivity contribution in [2.45, 2.75) is 37.6 Å². The summed E-state index contributed by atoms with van der Waals surface area (Å²) in [5.74, 6) is -0.636. The van der Waals surface area contributed by atoms with Crippen LogP contribution in [0.5, 0.6) is 0 Å². The van der Waals surface area contributed by atoms with Crippen LogP contribution in [0.25, 0.3) is 0 Å². The van der Waals surface area contributed by atoms with Crippen molar-refractivity contribution in [1.82, 2.24) is 9.62 Å². The number of carbonyl (C=O) groups excluding carboxylic acids is 1. The van der Waals surface area contributed by atoms with Crippen LogP contribution in [-0.4, -0.2) is 45.5 Å². The van der Waals surface area contributed by atoms with Crippen molar-refractivity contribution >= 4 is 15.9 Å². The lowest BCUT2D eigenvalue weighted by atomic mass is 9.87. The maximum Gasteiger partial charge on any atom is 0.264 e. The van der Waals surface area contributed by atoms with Crippen molar-refractivity contribution in [2.24, 2.45) is 0 Å². The molecule has 156 valence electrons. The van der Waals surface area contributed by atoms with Gasteiger partial charge in [-0.05, 0) is 40.8 Å². The molecular formula is C22H28N2O4S. The first-order chi connectivity index (χ1) is 13.6. The van der Waals surface area contributed by atoms with Crippen LogP contribution in [0.1, 0.15) is 42.3 Å². The third-order valence-electron chi connectivity index (χ3n) is 4.98. The van der Waals surface area contributed by atoms with Gasteiger partial charge >= 0.3 is 0 Å². The van der Waals surface area contributed by atoms with E-state index in [2.05, 4.69) is 30.4 Å². The van der Waals surface area contributed by atoms with Gasteiger partial charge in [0.1, 0.15) is 0 Å². The molecule has 1 amide bonds. The summed E-state index contributed by atoms with van der Waals surface area (Å²) >= 11 is 0. The monoisotopic (exact) mass is 416 g/mol. The fourth-order valence-corrected chi connectivity index (χ4v) is 4.13. The maximum atomic E-state index is 12.6. The van der Waals surface area contributed by atoms with E-state index in [1.807, 2.05) is 12.1 Å². The predicted octanol–water partition coefficient (Wildman–Crippen LogP) is 2.94. The molecule has 1 aliphatic heterocycles. The zero-order valence-corrected chi connectivity index (χ0v) is 18.0. The minimum atomic E-state index is -3.92. The molecule has 0 aromatic heterocycles. The van der Waals surface area contributed by atoms with Gasteiger partial charge in [-0.15, -0.1) is 0 Å². The number of amides is 1. The number of nitrogens with zero attached hydrogens (tertiary/aromatic N) is 1. The standard InChI is InChI=1S/C22H28N2O4S/c1-22(2,3)19-8-10-20(11-9-19)29(26,27)23-21(25)18-6-4-17(5-7-18)16-24-12-14-28-15-13-24/h4-11H,12-16H2,1-3H3,(H,23,25). The van der Waals surface area contributed by atoms with Crippen molar-refractivity contribution in [2.75, 3.05) is 26.3 Å². The van der Waals surface area contributed by atoms with Gasteiger partial charge in [-0.25, -0.2) is 13.1 Å². The first kappa shape index (κ1) is 21.5. The first-order valence-corrected chi connectivity index (χ1v) is 11.2. The number of hydrogen-bond acceptors (Lipinski definition) is 5. The minimum absolute atomic E-state index is 0.0720. The Morgan fingerprint density at radius 2 is 1.59 bits per heavy atom. The van der Waals surface area contributed by atoms with Crippen molar-refractivity contribution in [3.63, 3.8) is 0 Å². The van der Waals surface area contributed by atoms with Crippen LogP contribution in [0.3, 0.4) is 0 Å². The lowest BCUT2D eigenvalue weighted by molar-refractivity contribution is 0.0342. The molecule has 0 bridgehead atoms. The highest BCUT2D eigenvalue weighted by molar-refractivity contribution is 7.90. The van der Waals surface area contributed by atoms with Gasteiger partial charge < -0.3 is 4.74 Å². The Hall–Kier alpha value is -2.22. The Morgan fingerprint density at radius 3 is 2.14 bits per heavy atom. The fraction of sp³-hybridized carbons (Fsp3) is 0.409. The summed E-state index contributed by atoms with van der Waals surface area (Å²) < 4.78 is 32.6. The molecule has 2 aromatic rings. The van der Waals surface area contributed by atoms with Crippen molar-refractivity contribution in [1.29, 1.82) is 0 Å². The third kappa shape index (κ3) is 5.65. The summed E-state index contributed by atoms with van der Waals surface area (Å²) in [6.45, 7) is 10.2. The van der Waals surface area contributed by atoms with Gasteiger partial charge in [0, 0.05) is 25.2 Å². The molecule has 0 aliphatic carbocycles. The van der Waals surface area contributed by atoms with E-state index in [0.29, 0.717) is 5.56 Å². The second-order valence-corrected chi connectivity index (χ2v) is 9.98. The van der Waals surface area contributed by atoms with Crippen LogP contribution < -0.4 is 4.72 Å². The number of ether oxygens (including phenoxy) is 1. The molecule has 1 fully saturated rings. The lowest BCUT2D eigenvalue weighted by Crippen LogP contribution is -2.35. The van der Waals surface area contributed by atoms with Gasteiger partial charge in [-0.3, -0.25) is 9.69 Å². The largest absolute Gasteiger partial charge is 0.379 e. The number of sulfonamides is 1. The maximum absolute atomic E-state index is 12.6. The lowest BCUT2D eigenvalue weighted by Gasteiger charge is -2.26. The zero-order chi connectivity index (χ0) is 21.1. The Balaban J connectivity index is 1.65. The van der Waals surface area contributed by atoms with Gasteiger partial charge in [0.15, 0.2) is 0 Å². The molecule has 0 spiro atoms. The number of benzene rings is 2. The number of morpholine rings is 1. The van der Waals surface area contributed by atoms with Crippen LogP contribution >= 0.6 is 0 Å². The van der Waals surface area contributed by atoms with Gasteiger partial charge in [0.2, 0.25) is 0 Å². The quantitative estimate of drug-likeness (QED) is 0.811. The highest BCUT2D eigenvalue weighted by atomic mass is 32.2. The van der Waals surface area contributed by atoms with Crippen molar-refractivity contribution in [3.8, 4) is 0 Å². The number of nitrogens with one attached hydrogen (secondary N) is 1. The van der Waals surface area contributed by atoms with E-state index in [1.165, 1.54) is 12.1 Å². The van der Waals surface area contributed by atoms with Gasteiger partial charge in [-0.1, -0.05) is 45.0 Å². The number of hydrogen-bond donors (Lipinski definition) is 1. The number of rotatable bonds is 5. The molecule has 0 radical (unpaired) electrons. The zero-order valence-electron chi connectivity index (χ0n) is 17.1. The fourth-order valence-electron chi connectivity index (χ4n) is 3.15. The second-order valence-electron chi connectivity index (χ2n) is 8.29. The summed E-state index contributed by atoms with van der Waals surface area (Å²) in [6.07, 6.45) is 0. The molecule has 2 aromatic carbocycles. The number of carbonyl (C=O) groups is 1. The Kier molecular flexibility index (Phi) is 6.41. The smallest absolute Gasteiger partial charge is 0.264 e. The molecule has 3 rings (SSSR count). The van der Waals surface area contributed by atoms with Gasteiger partial charge in [-0.2, -0.15) is 0 Å². The predicted molar refractivity (Wildman–Crippen MR) is 112 cm³/mol. The van der Waals surface area contributed by atoms with E-state index < -0.39 is 15.9 Å². The molecule has 7 heteroatoms. The van der Waals surface area contributed by atoms with Gasteiger partial charge in [0.05, 0.1) is 18.1 Å². The average molecular weight is 417 g/mol. The van der Waals surface area contributed by atoms with Gasteiger partial charge in [0.25, 0.3) is 15.9 Å². The van der Waals surface area contributed by atoms with E-state index in [-0.39, 0.29) is 10.3 Å². The molecule has 6 nitrogen and oxygen atoms in total. The second kappa shape index (κ2) is 8.65. The molecule has 1 aliphatic rings. The summed E-state index contributed by atoms with van der Waals surface area (Å²) in [7, 11) is -3.92. The van der Waals surface area contributed by atoms with Crippen molar-refractivity contribution < 1.29 is 17.9 Å². The normalized spacial score (nSPS) is 15.8. The molecule has 1 N–H and O–H groups in total. The molecule has 1 heterocycles. The topological polar surface area (TPSA) is 75.7 Å². The summed E-state index contributed by atoms with van der Waals surface area (Å²) in [6, 6.07) is 13.6. The SMILES string of the molecule is CC(C)(C)c1ccc(S(=O)(=O)NC(=O)c2ccc(CN3CCOCC3)cc2)cc1. The Labute approximate surface area is 172 Å². The molecule has 0 saturated carbocycles. The summed E-state index contributed by atoms with van der Waals surface area (Å²) in [5, 5.41) is 0.